The van der Waals surface area contributed by atoms with Gasteiger partial charge in [-0.2, -0.15) is 0 Å². The molecule has 0 radical (unpaired) electrons. The van der Waals surface area contributed by atoms with Gasteiger partial charge in [-0.1, -0.05) is 18.2 Å². The van der Waals surface area contributed by atoms with E-state index in [4.69, 9.17) is 0 Å². The quantitative estimate of drug-likeness (QED) is 0.890. The van der Waals surface area contributed by atoms with Crippen LogP contribution in [0.3, 0.4) is 0 Å². The number of aliphatic hydroxyl groups excluding tert-OH is 1. The Kier molecular flexibility index (Phi) is 4.02. The minimum atomic E-state index is -0.411. The maximum Gasteiger partial charge on any atom is 0.0922 e. The lowest BCUT2D eigenvalue weighted by atomic mass is 9.97. The molecule has 0 aliphatic carbocycles. The number of halogens is 1. The Morgan fingerprint density at radius 1 is 1.29 bits per heavy atom. The highest BCUT2D eigenvalue weighted by molar-refractivity contribution is 9.10. The third kappa shape index (κ3) is 2.97. The predicted molar refractivity (Wildman–Crippen MR) is 76.6 cm³/mol. The number of rotatable bonds is 3. The number of thiophene rings is 1. The minimum Gasteiger partial charge on any atom is -0.387 e. The number of benzene rings is 1. The summed E-state index contributed by atoms with van der Waals surface area (Å²) in [5, 5.41) is 12.2. The van der Waals surface area contributed by atoms with Crippen LogP contribution in [0.5, 0.6) is 0 Å². The van der Waals surface area contributed by atoms with Crippen LogP contribution in [0.4, 0.5) is 0 Å². The van der Waals surface area contributed by atoms with Gasteiger partial charge in [-0.15, -0.1) is 11.3 Å². The zero-order chi connectivity index (χ0) is 12.4. The summed E-state index contributed by atoms with van der Waals surface area (Å²) >= 11 is 5.01. The Bertz CT molecular complexity index is 498. The zero-order valence-electron chi connectivity index (χ0n) is 9.90. The molecule has 0 amide bonds. The monoisotopic (exact) mass is 310 g/mol. The highest BCUT2D eigenvalue weighted by atomic mass is 79.9. The smallest absolute Gasteiger partial charge is 0.0922 e. The van der Waals surface area contributed by atoms with Gasteiger partial charge in [0, 0.05) is 21.2 Å². The fourth-order valence-corrected chi connectivity index (χ4v) is 3.40. The third-order valence-corrected chi connectivity index (χ3v) is 4.75. The molecule has 1 aromatic heterocycles. The molecule has 0 bridgehead atoms. The first kappa shape index (κ1) is 12.8. The average Bonchev–Trinajstić information content (AvgIpc) is 2.70. The highest BCUT2D eigenvalue weighted by Crippen LogP contribution is 2.29. The average molecular weight is 311 g/mol. The molecule has 0 spiro atoms. The summed E-state index contributed by atoms with van der Waals surface area (Å²) in [6, 6.07) is 8.24. The van der Waals surface area contributed by atoms with Gasteiger partial charge < -0.3 is 5.11 Å². The molecule has 1 heterocycles. The summed E-state index contributed by atoms with van der Waals surface area (Å²) in [5.41, 5.74) is 3.75. The second-order valence-corrected chi connectivity index (χ2v) is 6.12. The number of hydrogen-bond donors (Lipinski definition) is 1. The van der Waals surface area contributed by atoms with Crippen LogP contribution in [-0.2, 0) is 6.42 Å². The van der Waals surface area contributed by atoms with Crippen LogP contribution in [0.15, 0.2) is 34.1 Å². The Morgan fingerprint density at radius 2 is 1.94 bits per heavy atom. The molecular weight excluding hydrogens is 296 g/mol. The van der Waals surface area contributed by atoms with E-state index in [2.05, 4.69) is 48.0 Å². The maximum atomic E-state index is 10.2. The van der Waals surface area contributed by atoms with Crippen molar-refractivity contribution in [2.45, 2.75) is 26.4 Å². The topological polar surface area (TPSA) is 20.2 Å². The molecule has 1 nitrogen and oxygen atoms in total. The number of aryl methyl sites for hydroxylation is 2. The van der Waals surface area contributed by atoms with Crippen LogP contribution in [0.2, 0.25) is 0 Å². The van der Waals surface area contributed by atoms with Gasteiger partial charge in [0.15, 0.2) is 0 Å². The molecule has 1 atom stereocenters. The molecule has 1 unspecified atom stereocenters. The lowest BCUT2D eigenvalue weighted by Gasteiger charge is -2.13. The van der Waals surface area contributed by atoms with E-state index in [1.807, 2.05) is 11.4 Å². The van der Waals surface area contributed by atoms with Crippen molar-refractivity contribution in [1.29, 1.82) is 0 Å². The molecule has 0 saturated carbocycles. The SMILES string of the molecule is Cc1cccc(C)c1CC(O)c1cc(Br)cs1. The van der Waals surface area contributed by atoms with Crippen LogP contribution < -0.4 is 0 Å². The predicted octanol–water partition coefficient (Wildman–Crippen LogP) is 4.40. The normalized spacial score (nSPS) is 12.7. The molecule has 0 aliphatic rings. The van der Waals surface area contributed by atoms with E-state index in [-0.39, 0.29) is 0 Å². The lowest BCUT2D eigenvalue weighted by molar-refractivity contribution is 0.182. The standard InChI is InChI=1S/C14H15BrOS/c1-9-4-3-5-10(2)12(9)7-13(16)14-6-11(15)8-17-14/h3-6,8,13,16H,7H2,1-2H3. The van der Waals surface area contributed by atoms with E-state index in [1.54, 1.807) is 11.3 Å². The molecule has 0 saturated heterocycles. The Balaban J connectivity index is 2.21. The number of aliphatic hydroxyl groups is 1. The summed E-state index contributed by atoms with van der Waals surface area (Å²) in [5.74, 6) is 0. The molecule has 1 N–H and O–H groups in total. The molecule has 3 heteroatoms. The van der Waals surface area contributed by atoms with Crippen LogP contribution in [0.1, 0.15) is 27.7 Å². The molecule has 0 fully saturated rings. The van der Waals surface area contributed by atoms with Crippen molar-refractivity contribution in [2.75, 3.05) is 0 Å². The summed E-state index contributed by atoms with van der Waals surface area (Å²) in [6.45, 7) is 4.19. The van der Waals surface area contributed by atoms with Gasteiger partial charge in [-0.3, -0.25) is 0 Å². The first-order valence-corrected chi connectivity index (χ1v) is 7.22. The van der Waals surface area contributed by atoms with Crippen molar-refractivity contribution in [3.63, 3.8) is 0 Å². The zero-order valence-corrected chi connectivity index (χ0v) is 12.3. The van der Waals surface area contributed by atoms with Gasteiger partial charge in [-0.05, 0) is 52.5 Å². The molecule has 2 rings (SSSR count). The summed E-state index contributed by atoms with van der Waals surface area (Å²) in [4.78, 5) is 1.01. The highest BCUT2D eigenvalue weighted by Gasteiger charge is 2.13. The maximum absolute atomic E-state index is 10.2. The first-order valence-electron chi connectivity index (χ1n) is 5.55. The van der Waals surface area contributed by atoms with E-state index >= 15 is 0 Å². The van der Waals surface area contributed by atoms with Crippen LogP contribution >= 0.6 is 27.3 Å². The van der Waals surface area contributed by atoms with Gasteiger partial charge in [0.2, 0.25) is 0 Å². The van der Waals surface area contributed by atoms with Crippen molar-refractivity contribution in [3.8, 4) is 0 Å². The van der Waals surface area contributed by atoms with Crippen LogP contribution in [0, 0.1) is 13.8 Å². The van der Waals surface area contributed by atoms with E-state index in [0.29, 0.717) is 6.42 Å². The second-order valence-electron chi connectivity index (χ2n) is 4.26. The van der Waals surface area contributed by atoms with Gasteiger partial charge in [-0.25, -0.2) is 0 Å². The van der Waals surface area contributed by atoms with Crippen LogP contribution in [-0.4, -0.2) is 5.11 Å². The van der Waals surface area contributed by atoms with Gasteiger partial charge in [0.1, 0.15) is 0 Å². The van der Waals surface area contributed by atoms with Gasteiger partial charge in [0.25, 0.3) is 0 Å². The van der Waals surface area contributed by atoms with Crippen LogP contribution in [0.25, 0.3) is 0 Å². The van der Waals surface area contributed by atoms with Crippen molar-refractivity contribution in [2.24, 2.45) is 0 Å². The molecule has 0 aliphatic heterocycles. The lowest BCUT2D eigenvalue weighted by Crippen LogP contribution is -2.03. The fraction of sp³-hybridized carbons (Fsp3) is 0.286. The molecule has 90 valence electrons. The van der Waals surface area contributed by atoms with E-state index in [1.165, 1.54) is 16.7 Å². The van der Waals surface area contributed by atoms with Gasteiger partial charge >= 0.3 is 0 Å². The Hall–Kier alpha value is -0.640. The Labute approximate surface area is 114 Å². The summed E-state index contributed by atoms with van der Waals surface area (Å²) < 4.78 is 1.04. The third-order valence-electron chi connectivity index (χ3n) is 2.96. The van der Waals surface area contributed by atoms with Crippen molar-refractivity contribution < 1.29 is 5.11 Å². The minimum absolute atomic E-state index is 0.411. The van der Waals surface area contributed by atoms with Crippen molar-refractivity contribution >= 4 is 27.3 Å². The molecule has 2 aromatic rings. The van der Waals surface area contributed by atoms with Crippen molar-refractivity contribution in [1.82, 2.24) is 0 Å². The summed E-state index contributed by atoms with van der Waals surface area (Å²) in [6.07, 6.45) is 0.275. The van der Waals surface area contributed by atoms with E-state index in [9.17, 15) is 5.11 Å². The van der Waals surface area contributed by atoms with Crippen molar-refractivity contribution in [3.05, 3.63) is 55.7 Å². The Morgan fingerprint density at radius 3 is 2.47 bits per heavy atom. The molecule has 17 heavy (non-hydrogen) atoms. The molecule has 1 aromatic carbocycles. The van der Waals surface area contributed by atoms with Gasteiger partial charge in [0.05, 0.1) is 6.10 Å². The van der Waals surface area contributed by atoms with E-state index in [0.717, 1.165) is 9.35 Å². The molecular formula is C14H15BrOS. The first-order chi connectivity index (χ1) is 8.08. The number of hydrogen-bond acceptors (Lipinski definition) is 2. The summed E-state index contributed by atoms with van der Waals surface area (Å²) in [7, 11) is 0. The second kappa shape index (κ2) is 5.34. The fourth-order valence-electron chi connectivity index (χ4n) is 1.97. The van der Waals surface area contributed by atoms with E-state index < -0.39 is 6.10 Å². The largest absolute Gasteiger partial charge is 0.387 e.